The third kappa shape index (κ3) is 6.48. The first-order valence-electron chi connectivity index (χ1n) is 10.6. The molecule has 0 aliphatic rings. The van der Waals surface area contributed by atoms with Crippen molar-refractivity contribution in [3.05, 3.63) is 94.3 Å². The zero-order valence-corrected chi connectivity index (χ0v) is 20.7. The Hall–Kier alpha value is -3.10. The predicted octanol–water partition coefficient (Wildman–Crippen LogP) is 5.34. The molecule has 1 unspecified atom stereocenters. The number of ether oxygens (including phenoxy) is 1. The quantitative estimate of drug-likeness (QED) is 0.427. The number of benzene rings is 3. The second-order valence-corrected chi connectivity index (χ2v) is 10.1. The van der Waals surface area contributed by atoms with Gasteiger partial charge in [-0.15, -0.1) is 0 Å². The lowest BCUT2D eigenvalue weighted by Crippen LogP contribution is -2.30. The Bertz CT molecular complexity index is 1250. The van der Waals surface area contributed by atoms with Gasteiger partial charge < -0.3 is 10.1 Å². The van der Waals surface area contributed by atoms with Crippen molar-refractivity contribution in [2.75, 3.05) is 17.2 Å². The molecule has 0 spiro atoms. The minimum absolute atomic E-state index is 0.0896. The lowest BCUT2D eigenvalue weighted by molar-refractivity contribution is 0.0939. The second-order valence-electron chi connectivity index (χ2n) is 7.75. The van der Waals surface area contributed by atoms with E-state index >= 15 is 0 Å². The fourth-order valence-corrected chi connectivity index (χ4v) is 4.42. The SMILES string of the molecule is CCOc1ccc(C(=O)NC(C)c2ccc(Cl)cc2)cc1CN(c1ccc(F)cc1)S(C)(=O)=O. The van der Waals surface area contributed by atoms with Crippen molar-refractivity contribution in [1.29, 1.82) is 0 Å². The number of carbonyl (C=O) groups is 1. The standard InChI is InChI=1S/C25H26ClFN2O4S/c1-4-33-24-14-7-19(25(30)28-17(2)18-5-8-21(26)9-6-18)15-20(24)16-29(34(3,31)32)23-12-10-22(27)11-13-23/h5-15,17H,4,16H2,1-3H3,(H,28,30). The van der Waals surface area contributed by atoms with Crippen LogP contribution in [0.1, 0.15) is 41.4 Å². The summed E-state index contributed by atoms with van der Waals surface area (Å²) in [6.07, 6.45) is 1.07. The van der Waals surface area contributed by atoms with Gasteiger partial charge in [0.25, 0.3) is 5.91 Å². The molecule has 0 bridgehead atoms. The molecule has 3 aromatic rings. The summed E-state index contributed by atoms with van der Waals surface area (Å²) in [6, 6.07) is 17.0. The summed E-state index contributed by atoms with van der Waals surface area (Å²) < 4.78 is 45.3. The normalized spacial score (nSPS) is 12.1. The monoisotopic (exact) mass is 504 g/mol. The molecule has 0 radical (unpaired) electrons. The fraction of sp³-hybridized carbons (Fsp3) is 0.240. The Morgan fingerprint density at radius 1 is 1.09 bits per heavy atom. The van der Waals surface area contributed by atoms with Crippen LogP contribution in [0.15, 0.2) is 66.7 Å². The number of anilines is 1. The highest BCUT2D eigenvalue weighted by Gasteiger charge is 2.21. The molecule has 34 heavy (non-hydrogen) atoms. The molecule has 180 valence electrons. The molecule has 0 aliphatic carbocycles. The summed E-state index contributed by atoms with van der Waals surface area (Å²) in [5.74, 6) is -0.333. The van der Waals surface area contributed by atoms with Crippen LogP contribution in [0.25, 0.3) is 0 Å². The van der Waals surface area contributed by atoms with Crippen molar-refractivity contribution in [3.63, 3.8) is 0 Å². The summed E-state index contributed by atoms with van der Waals surface area (Å²) in [4.78, 5) is 13.0. The van der Waals surface area contributed by atoms with Crippen LogP contribution in [0.5, 0.6) is 5.75 Å². The maximum atomic E-state index is 13.4. The third-order valence-corrected chi connectivity index (χ3v) is 6.56. The zero-order valence-electron chi connectivity index (χ0n) is 19.1. The maximum absolute atomic E-state index is 13.4. The van der Waals surface area contributed by atoms with Gasteiger partial charge in [0.1, 0.15) is 11.6 Å². The second kappa shape index (κ2) is 10.9. The first kappa shape index (κ1) is 25.5. The fourth-order valence-electron chi connectivity index (χ4n) is 3.42. The predicted molar refractivity (Wildman–Crippen MR) is 132 cm³/mol. The number of carbonyl (C=O) groups excluding carboxylic acids is 1. The van der Waals surface area contributed by atoms with Crippen molar-refractivity contribution in [3.8, 4) is 5.75 Å². The topological polar surface area (TPSA) is 75.7 Å². The van der Waals surface area contributed by atoms with Gasteiger partial charge in [-0.2, -0.15) is 0 Å². The van der Waals surface area contributed by atoms with E-state index in [1.165, 1.54) is 24.3 Å². The van der Waals surface area contributed by atoms with Gasteiger partial charge in [-0.25, -0.2) is 12.8 Å². The largest absolute Gasteiger partial charge is 0.494 e. The molecular formula is C25H26ClFN2O4S. The number of amides is 1. The highest BCUT2D eigenvalue weighted by Crippen LogP contribution is 2.27. The Morgan fingerprint density at radius 3 is 2.32 bits per heavy atom. The van der Waals surface area contributed by atoms with E-state index in [1.54, 1.807) is 30.3 Å². The van der Waals surface area contributed by atoms with E-state index in [2.05, 4.69) is 5.32 Å². The van der Waals surface area contributed by atoms with E-state index in [1.807, 2.05) is 26.0 Å². The van der Waals surface area contributed by atoms with E-state index in [-0.39, 0.29) is 18.5 Å². The Labute approximate surface area is 204 Å². The van der Waals surface area contributed by atoms with Crippen LogP contribution < -0.4 is 14.4 Å². The molecule has 0 aromatic heterocycles. The minimum Gasteiger partial charge on any atom is -0.494 e. The molecule has 6 nitrogen and oxygen atoms in total. The molecule has 0 aliphatic heterocycles. The molecule has 1 N–H and O–H groups in total. The van der Waals surface area contributed by atoms with E-state index in [0.29, 0.717) is 34.2 Å². The molecule has 0 saturated heterocycles. The molecule has 1 amide bonds. The molecule has 0 fully saturated rings. The van der Waals surface area contributed by atoms with Gasteiger partial charge in [-0.05, 0) is 74.0 Å². The average Bonchev–Trinajstić information content (AvgIpc) is 2.79. The van der Waals surface area contributed by atoms with Crippen LogP contribution in [0, 0.1) is 5.82 Å². The number of halogens is 2. The van der Waals surface area contributed by atoms with Crippen LogP contribution in [0.2, 0.25) is 5.02 Å². The number of sulfonamides is 1. The highest BCUT2D eigenvalue weighted by molar-refractivity contribution is 7.92. The van der Waals surface area contributed by atoms with E-state index in [9.17, 15) is 17.6 Å². The number of nitrogens with one attached hydrogen (secondary N) is 1. The molecular weight excluding hydrogens is 479 g/mol. The van der Waals surface area contributed by atoms with Crippen molar-refractivity contribution in [2.45, 2.75) is 26.4 Å². The van der Waals surface area contributed by atoms with Gasteiger partial charge in [0.2, 0.25) is 10.0 Å². The number of nitrogens with zero attached hydrogens (tertiary/aromatic N) is 1. The summed E-state index contributed by atoms with van der Waals surface area (Å²) in [7, 11) is -3.71. The van der Waals surface area contributed by atoms with E-state index in [0.717, 1.165) is 16.1 Å². The minimum atomic E-state index is -3.71. The Balaban J connectivity index is 1.90. The molecule has 0 saturated carbocycles. The summed E-state index contributed by atoms with van der Waals surface area (Å²) in [6.45, 7) is 3.94. The lowest BCUT2D eigenvalue weighted by atomic mass is 10.1. The van der Waals surface area contributed by atoms with Crippen LogP contribution in [-0.2, 0) is 16.6 Å². The zero-order chi connectivity index (χ0) is 24.9. The molecule has 9 heteroatoms. The van der Waals surface area contributed by atoms with Crippen LogP contribution in [0.3, 0.4) is 0 Å². The molecule has 3 aromatic carbocycles. The van der Waals surface area contributed by atoms with Gasteiger partial charge in [0.05, 0.1) is 31.1 Å². The third-order valence-electron chi connectivity index (χ3n) is 5.17. The Morgan fingerprint density at radius 2 is 1.74 bits per heavy atom. The van der Waals surface area contributed by atoms with Crippen molar-refractivity contribution in [1.82, 2.24) is 5.32 Å². The number of rotatable bonds is 9. The smallest absolute Gasteiger partial charge is 0.251 e. The van der Waals surface area contributed by atoms with E-state index < -0.39 is 15.8 Å². The van der Waals surface area contributed by atoms with Gasteiger partial charge in [-0.3, -0.25) is 9.10 Å². The summed E-state index contributed by atoms with van der Waals surface area (Å²) in [5, 5.41) is 3.54. The Kier molecular flexibility index (Phi) is 8.17. The van der Waals surface area contributed by atoms with Gasteiger partial charge in [0, 0.05) is 16.1 Å². The summed E-state index contributed by atoms with van der Waals surface area (Å²) >= 11 is 5.94. The molecule has 0 heterocycles. The molecule has 3 rings (SSSR count). The lowest BCUT2D eigenvalue weighted by Gasteiger charge is -2.24. The van der Waals surface area contributed by atoms with Gasteiger partial charge in [-0.1, -0.05) is 23.7 Å². The van der Waals surface area contributed by atoms with Crippen LogP contribution >= 0.6 is 11.6 Å². The van der Waals surface area contributed by atoms with Crippen molar-refractivity contribution >= 4 is 33.2 Å². The van der Waals surface area contributed by atoms with Crippen molar-refractivity contribution in [2.24, 2.45) is 0 Å². The van der Waals surface area contributed by atoms with E-state index in [4.69, 9.17) is 16.3 Å². The maximum Gasteiger partial charge on any atom is 0.251 e. The van der Waals surface area contributed by atoms with Crippen LogP contribution in [-0.4, -0.2) is 27.2 Å². The summed E-state index contributed by atoms with van der Waals surface area (Å²) in [5.41, 5.74) is 2.05. The average molecular weight is 505 g/mol. The van der Waals surface area contributed by atoms with Gasteiger partial charge in [0.15, 0.2) is 0 Å². The number of hydrogen-bond acceptors (Lipinski definition) is 4. The number of hydrogen-bond donors (Lipinski definition) is 1. The van der Waals surface area contributed by atoms with Gasteiger partial charge >= 0.3 is 0 Å². The van der Waals surface area contributed by atoms with Crippen LogP contribution in [0.4, 0.5) is 10.1 Å². The first-order chi connectivity index (χ1) is 16.1. The molecule has 1 atom stereocenters. The van der Waals surface area contributed by atoms with Crippen molar-refractivity contribution < 1.29 is 22.3 Å². The first-order valence-corrected chi connectivity index (χ1v) is 12.9. The highest BCUT2D eigenvalue weighted by atomic mass is 35.5.